The Morgan fingerprint density at radius 1 is 1.50 bits per heavy atom. The number of nitrogens with zero attached hydrogens (tertiary/aromatic N) is 4. The third-order valence-corrected chi connectivity index (χ3v) is 4.07. The van der Waals surface area contributed by atoms with Gasteiger partial charge in [-0.1, -0.05) is 11.3 Å². The molecule has 2 heterocycles. The smallest absolute Gasteiger partial charge is 0.189 e. The Balaban J connectivity index is 2.09. The molecular formula is C14H14N4OS. The fourth-order valence-electron chi connectivity index (χ4n) is 2.38. The molecule has 0 bridgehead atoms. The Hall–Kier alpha value is -1.84. The molecule has 0 aliphatic carbocycles. The van der Waals surface area contributed by atoms with Crippen molar-refractivity contribution < 1.29 is 4.74 Å². The van der Waals surface area contributed by atoms with Gasteiger partial charge in [-0.25, -0.2) is 4.68 Å². The highest BCUT2D eigenvalue weighted by Crippen LogP contribution is 2.31. The summed E-state index contributed by atoms with van der Waals surface area (Å²) in [6.07, 6.45) is 3.86. The van der Waals surface area contributed by atoms with Gasteiger partial charge in [-0.05, 0) is 37.3 Å². The summed E-state index contributed by atoms with van der Waals surface area (Å²) in [6, 6.07) is 10.1. The van der Waals surface area contributed by atoms with E-state index in [1.807, 2.05) is 30.5 Å². The molecule has 2 aromatic rings. The van der Waals surface area contributed by atoms with Crippen molar-refractivity contribution in [1.82, 2.24) is 15.0 Å². The maximum absolute atomic E-state index is 9.21. The van der Waals surface area contributed by atoms with Gasteiger partial charge in [0.2, 0.25) is 0 Å². The Bertz CT molecular complexity index is 655. The van der Waals surface area contributed by atoms with E-state index in [-0.39, 0.29) is 6.10 Å². The number of benzene rings is 1. The largest absolute Gasteiger partial charge is 0.372 e. The molecule has 1 fully saturated rings. The van der Waals surface area contributed by atoms with Gasteiger partial charge in [-0.2, -0.15) is 5.26 Å². The van der Waals surface area contributed by atoms with E-state index in [1.165, 1.54) is 0 Å². The zero-order chi connectivity index (χ0) is 13.9. The lowest BCUT2D eigenvalue weighted by atomic mass is 10.1. The maximum atomic E-state index is 9.21. The van der Waals surface area contributed by atoms with Gasteiger partial charge in [0.05, 0.1) is 5.69 Å². The second-order valence-electron chi connectivity index (χ2n) is 4.55. The first-order valence-corrected chi connectivity index (χ1v) is 7.67. The van der Waals surface area contributed by atoms with Crippen LogP contribution in [0.1, 0.15) is 30.3 Å². The average Bonchev–Trinajstić information content (AvgIpc) is 3.15. The first-order valence-electron chi connectivity index (χ1n) is 6.45. The Kier molecular flexibility index (Phi) is 3.72. The zero-order valence-corrected chi connectivity index (χ0v) is 11.9. The summed E-state index contributed by atoms with van der Waals surface area (Å²) in [5.41, 5.74) is 2.03. The molecule has 1 aromatic heterocycles. The zero-order valence-electron chi connectivity index (χ0n) is 11.1. The maximum Gasteiger partial charge on any atom is 0.189 e. The average molecular weight is 286 g/mol. The van der Waals surface area contributed by atoms with Gasteiger partial charge in [0.25, 0.3) is 0 Å². The van der Waals surface area contributed by atoms with Crippen molar-refractivity contribution in [2.45, 2.75) is 23.8 Å². The van der Waals surface area contributed by atoms with E-state index in [1.54, 1.807) is 16.4 Å². The third kappa shape index (κ3) is 2.30. The molecule has 1 aromatic carbocycles. The van der Waals surface area contributed by atoms with Gasteiger partial charge < -0.3 is 4.74 Å². The number of rotatable bonds is 3. The molecule has 20 heavy (non-hydrogen) atoms. The summed E-state index contributed by atoms with van der Waals surface area (Å²) in [5.74, 6) is 0. The van der Waals surface area contributed by atoms with Crippen LogP contribution < -0.4 is 0 Å². The number of nitriles is 1. The minimum absolute atomic E-state index is 0.0856. The fourth-order valence-corrected chi connectivity index (χ4v) is 2.84. The van der Waals surface area contributed by atoms with Crippen LogP contribution in [0.2, 0.25) is 0 Å². The van der Waals surface area contributed by atoms with Gasteiger partial charge in [0.15, 0.2) is 5.69 Å². The molecule has 1 unspecified atom stereocenters. The number of hydrogen-bond donors (Lipinski definition) is 0. The molecule has 6 heteroatoms. The van der Waals surface area contributed by atoms with Crippen molar-refractivity contribution >= 4 is 11.8 Å². The fraction of sp³-hybridized carbons (Fsp3) is 0.357. The van der Waals surface area contributed by atoms with Crippen molar-refractivity contribution in [3.8, 4) is 11.8 Å². The lowest BCUT2D eigenvalue weighted by Gasteiger charge is -2.12. The molecule has 5 nitrogen and oxygen atoms in total. The van der Waals surface area contributed by atoms with Gasteiger partial charge >= 0.3 is 0 Å². The van der Waals surface area contributed by atoms with Crippen molar-refractivity contribution in [2.75, 3.05) is 12.9 Å². The summed E-state index contributed by atoms with van der Waals surface area (Å²) in [4.78, 5) is 1.15. The second kappa shape index (κ2) is 5.65. The quantitative estimate of drug-likeness (QED) is 0.812. The minimum atomic E-state index is -0.0856. The Morgan fingerprint density at radius 2 is 2.40 bits per heavy atom. The lowest BCUT2D eigenvalue weighted by molar-refractivity contribution is 0.106. The van der Waals surface area contributed by atoms with E-state index in [4.69, 9.17) is 4.74 Å². The molecule has 1 aliphatic heterocycles. The lowest BCUT2D eigenvalue weighted by Crippen LogP contribution is -2.08. The molecule has 0 spiro atoms. The molecule has 1 aliphatic rings. The predicted molar refractivity (Wildman–Crippen MR) is 75.8 cm³/mol. The molecule has 1 saturated heterocycles. The van der Waals surface area contributed by atoms with Gasteiger partial charge in [-0.15, -0.1) is 16.9 Å². The van der Waals surface area contributed by atoms with Gasteiger partial charge in [0, 0.05) is 11.5 Å². The van der Waals surface area contributed by atoms with E-state index in [9.17, 15) is 5.26 Å². The van der Waals surface area contributed by atoms with E-state index < -0.39 is 0 Å². The summed E-state index contributed by atoms with van der Waals surface area (Å²) < 4.78 is 7.43. The topological polar surface area (TPSA) is 63.7 Å². The normalized spacial score (nSPS) is 18.1. The van der Waals surface area contributed by atoms with Crippen molar-refractivity contribution in [2.24, 2.45) is 0 Å². The minimum Gasteiger partial charge on any atom is -0.372 e. The Morgan fingerprint density at radius 3 is 3.10 bits per heavy atom. The molecule has 0 saturated carbocycles. The van der Waals surface area contributed by atoms with E-state index in [2.05, 4.69) is 16.4 Å². The highest BCUT2D eigenvalue weighted by molar-refractivity contribution is 7.98. The molecule has 0 amide bonds. The third-order valence-electron chi connectivity index (χ3n) is 3.34. The predicted octanol–water partition coefficient (Wildman–Crippen LogP) is 2.71. The summed E-state index contributed by atoms with van der Waals surface area (Å²) in [7, 11) is 0. The van der Waals surface area contributed by atoms with Crippen LogP contribution in [0.25, 0.3) is 5.69 Å². The second-order valence-corrected chi connectivity index (χ2v) is 5.43. The van der Waals surface area contributed by atoms with Crippen LogP contribution in [0.5, 0.6) is 0 Å². The van der Waals surface area contributed by atoms with E-state index in [0.29, 0.717) is 5.69 Å². The molecular weight excluding hydrogens is 272 g/mol. The van der Waals surface area contributed by atoms with Gasteiger partial charge in [0.1, 0.15) is 17.9 Å². The molecule has 0 radical (unpaired) electrons. The number of aromatic nitrogens is 3. The first kappa shape index (κ1) is 13.2. The van der Waals surface area contributed by atoms with Crippen LogP contribution in [-0.4, -0.2) is 27.9 Å². The monoisotopic (exact) mass is 286 g/mol. The summed E-state index contributed by atoms with van der Waals surface area (Å²) >= 11 is 1.67. The number of hydrogen-bond acceptors (Lipinski definition) is 5. The first-order chi connectivity index (χ1) is 9.83. The summed E-state index contributed by atoms with van der Waals surface area (Å²) in [5, 5.41) is 17.3. The van der Waals surface area contributed by atoms with Crippen LogP contribution in [0.4, 0.5) is 0 Å². The van der Waals surface area contributed by atoms with Crippen molar-refractivity contribution in [3.63, 3.8) is 0 Å². The molecule has 3 rings (SSSR count). The summed E-state index contributed by atoms with van der Waals surface area (Å²) in [6.45, 7) is 0.728. The van der Waals surface area contributed by atoms with Crippen LogP contribution in [0, 0.1) is 11.3 Å². The van der Waals surface area contributed by atoms with E-state index >= 15 is 0 Å². The number of ether oxygens (including phenoxy) is 1. The van der Waals surface area contributed by atoms with Crippen LogP contribution in [-0.2, 0) is 4.74 Å². The van der Waals surface area contributed by atoms with Crippen LogP contribution >= 0.6 is 11.8 Å². The van der Waals surface area contributed by atoms with E-state index in [0.717, 1.165) is 35.7 Å². The van der Waals surface area contributed by atoms with Gasteiger partial charge in [-0.3, -0.25) is 0 Å². The van der Waals surface area contributed by atoms with Crippen molar-refractivity contribution in [3.05, 3.63) is 35.7 Å². The molecule has 102 valence electrons. The van der Waals surface area contributed by atoms with Crippen molar-refractivity contribution in [1.29, 1.82) is 5.26 Å². The number of thioether (sulfide) groups is 1. The Labute approximate surface area is 121 Å². The SMILES string of the molecule is CSc1cccc(-n2nnc(C#N)c2C2CCCO2)c1. The van der Waals surface area contributed by atoms with Crippen LogP contribution in [0.3, 0.4) is 0 Å². The highest BCUT2D eigenvalue weighted by Gasteiger charge is 2.27. The molecule has 0 N–H and O–H groups in total. The van der Waals surface area contributed by atoms with Crippen LogP contribution in [0.15, 0.2) is 29.2 Å². The highest BCUT2D eigenvalue weighted by atomic mass is 32.2. The standard InChI is InChI=1S/C14H14N4OS/c1-20-11-5-2-4-10(8-11)18-14(12(9-15)16-17-18)13-6-3-7-19-13/h2,4-5,8,13H,3,6-7H2,1H3. The molecule has 1 atom stereocenters.